The van der Waals surface area contributed by atoms with Crippen LogP contribution >= 0.6 is 11.8 Å². The van der Waals surface area contributed by atoms with Crippen molar-refractivity contribution in [2.24, 2.45) is 0 Å². The predicted molar refractivity (Wildman–Crippen MR) is 108 cm³/mol. The van der Waals surface area contributed by atoms with Crippen LogP contribution in [0.1, 0.15) is 37.7 Å². The van der Waals surface area contributed by atoms with Crippen LogP contribution in [0.4, 0.5) is 5.69 Å². The van der Waals surface area contributed by atoms with Crippen molar-refractivity contribution in [3.8, 4) is 0 Å². The van der Waals surface area contributed by atoms with Crippen LogP contribution in [0, 0.1) is 13.8 Å². The maximum absolute atomic E-state index is 12.8. The van der Waals surface area contributed by atoms with Crippen molar-refractivity contribution in [2.75, 3.05) is 12.4 Å². The Balaban J connectivity index is 1.77. The van der Waals surface area contributed by atoms with E-state index in [-0.39, 0.29) is 5.91 Å². The van der Waals surface area contributed by atoms with E-state index in [1.807, 2.05) is 32.0 Å². The quantitative estimate of drug-likeness (QED) is 0.484. The molecule has 1 aromatic heterocycles. The molecule has 0 spiro atoms. The maximum atomic E-state index is 12.8. The molecule has 0 unspecified atom stereocenters. The molecule has 1 amide bonds. The lowest BCUT2D eigenvalue weighted by Gasteiger charge is -2.10. The second-order valence-corrected chi connectivity index (χ2v) is 7.13. The number of carbonyl (C=O) groups is 2. The minimum atomic E-state index is -0.452. The van der Waals surface area contributed by atoms with Crippen molar-refractivity contribution in [3.63, 3.8) is 0 Å². The van der Waals surface area contributed by atoms with Crippen molar-refractivity contribution < 1.29 is 18.8 Å². The summed E-state index contributed by atoms with van der Waals surface area (Å²) < 4.78 is 9.92. The van der Waals surface area contributed by atoms with E-state index in [4.69, 9.17) is 9.26 Å². The number of methoxy groups -OCH3 is 1. The Morgan fingerprint density at radius 3 is 2.64 bits per heavy atom. The second kappa shape index (κ2) is 8.75. The average Bonchev–Trinajstić information content (AvgIpc) is 3.03. The predicted octanol–water partition coefficient (Wildman–Crippen LogP) is 4.62. The zero-order chi connectivity index (χ0) is 20.1. The summed E-state index contributed by atoms with van der Waals surface area (Å²) in [6.07, 6.45) is 0. The van der Waals surface area contributed by atoms with Gasteiger partial charge >= 0.3 is 5.97 Å². The number of thioether (sulfide) groups is 1. The third-order valence-electron chi connectivity index (χ3n) is 4.23. The highest BCUT2D eigenvalue weighted by Crippen LogP contribution is 2.29. The number of hydrogen-bond donors (Lipinski definition) is 1. The van der Waals surface area contributed by atoms with Crippen LogP contribution in [0.3, 0.4) is 0 Å². The van der Waals surface area contributed by atoms with Crippen molar-refractivity contribution in [1.82, 2.24) is 5.16 Å². The number of aromatic nitrogens is 1. The van der Waals surface area contributed by atoms with Gasteiger partial charge in [0.25, 0.3) is 5.91 Å². The molecule has 0 radical (unpaired) electrons. The zero-order valence-corrected chi connectivity index (χ0v) is 16.6. The van der Waals surface area contributed by atoms with Gasteiger partial charge in [-0.15, -0.1) is 11.8 Å². The van der Waals surface area contributed by atoms with E-state index in [2.05, 4.69) is 10.5 Å². The molecule has 144 valence electrons. The Hall–Kier alpha value is -3.06. The van der Waals surface area contributed by atoms with Gasteiger partial charge in [0.15, 0.2) is 0 Å². The normalized spacial score (nSPS) is 10.5. The summed E-state index contributed by atoms with van der Waals surface area (Å²) in [4.78, 5) is 25.3. The first kappa shape index (κ1) is 19.7. The van der Waals surface area contributed by atoms with Crippen LogP contribution in [-0.2, 0) is 10.5 Å². The summed E-state index contributed by atoms with van der Waals surface area (Å²) in [6.45, 7) is 3.78. The average molecular weight is 396 g/mol. The van der Waals surface area contributed by atoms with Gasteiger partial charge in [-0.25, -0.2) is 4.79 Å². The van der Waals surface area contributed by atoms with Crippen LogP contribution in [-0.4, -0.2) is 24.1 Å². The maximum Gasteiger partial charge on any atom is 0.337 e. The summed E-state index contributed by atoms with van der Waals surface area (Å²) in [5.74, 6) is 0.741. The molecule has 0 saturated carbocycles. The molecular formula is C21H20N2O4S. The number of nitrogens with one attached hydrogen (secondary N) is 1. The SMILES string of the molecule is COC(=O)c1cccc(NC(=O)c2ccccc2SCc2c(C)noc2C)c1. The van der Waals surface area contributed by atoms with Gasteiger partial charge in [-0.05, 0) is 44.2 Å². The van der Waals surface area contributed by atoms with Crippen molar-refractivity contribution >= 4 is 29.3 Å². The van der Waals surface area contributed by atoms with Crippen LogP contribution in [0.25, 0.3) is 0 Å². The molecule has 0 fully saturated rings. The summed E-state index contributed by atoms with van der Waals surface area (Å²) >= 11 is 1.55. The zero-order valence-electron chi connectivity index (χ0n) is 15.8. The van der Waals surface area contributed by atoms with E-state index >= 15 is 0 Å². The highest BCUT2D eigenvalue weighted by atomic mass is 32.2. The number of esters is 1. The number of benzene rings is 2. The molecule has 6 nitrogen and oxygen atoms in total. The molecule has 0 atom stereocenters. The lowest BCUT2D eigenvalue weighted by atomic mass is 10.1. The molecular weight excluding hydrogens is 376 g/mol. The van der Waals surface area contributed by atoms with E-state index in [1.54, 1.807) is 42.1 Å². The van der Waals surface area contributed by atoms with Gasteiger partial charge in [-0.1, -0.05) is 23.4 Å². The number of carbonyl (C=O) groups excluding carboxylic acids is 2. The molecule has 7 heteroatoms. The molecule has 3 rings (SSSR count). The molecule has 3 aromatic rings. The fourth-order valence-electron chi connectivity index (χ4n) is 2.68. The lowest BCUT2D eigenvalue weighted by molar-refractivity contribution is 0.0600. The third-order valence-corrected chi connectivity index (χ3v) is 5.33. The Bertz CT molecular complexity index is 994. The first-order valence-corrected chi connectivity index (χ1v) is 9.61. The van der Waals surface area contributed by atoms with E-state index < -0.39 is 5.97 Å². The number of aryl methyl sites for hydroxylation is 2. The summed E-state index contributed by atoms with van der Waals surface area (Å²) in [7, 11) is 1.32. The summed E-state index contributed by atoms with van der Waals surface area (Å²) in [5, 5.41) is 6.81. The van der Waals surface area contributed by atoms with E-state index in [9.17, 15) is 9.59 Å². The molecule has 1 N–H and O–H groups in total. The number of amides is 1. The topological polar surface area (TPSA) is 81.4 Å². The van der Waals surface area contributed by atoms with Gasteiger partial charge in [0.2, 0.25) is 0 Å². The third kappa shape index (κ3) is 4.43. The fourth-order valence-corrected chi connectivity index (χ4v) is 3.88. The first-order chi connectivity index (χ1) is 13.5. The molecule has 2 aromatic carbocycles. The van der Waals surface area contributed by atoms with Gasteiger partial charge in [-0.3, -0.25) is 4.79 Å². The molecule has 0 saturated heterocycles. The summed E-state index contributed by atoms with van der Waals surface area (Å²) in [5.41, 5.74) is 3.35. The molecule has 28 heavy (non-hydrogen) atoms. The van der Waals surface area contributed by atoms with Crippen LogP contribution in [0.5, 0.6) is 0 Å². The minimum Gasteiger partial charge on any atom is -0.465 e. The van der Waals surface area contributed by atoms with E-state index in [0.29, 0.717) is 22.6 Å². The smallest absolute Gasteiger partial charge is 0.337 e. The number of hydrogen-bond acceptors (Lipinski definition) is 6. The summed E-state index contributed by atoms with van der Waals surface area (Å²) in [6, 6.07) is 14.0. The van der Waals surface area contributed by atoms with Crippen LogP contribution < -0.4 is 5.32 Å². The minimum absolute atomic E-state index is 0.246. The second-order valence-electron chi connectivity index (χ2n) is 6.11. The highest BCUT2D eigenvalue weighted by molar-refractivity contribution is 7.98. The number of rotatable bonds is 6. The standard InChI is InChI=1S/C21H20N2O4S/c1-13-18(14(2)27-23-13)12-28-19-10-5-4-9-17(19)20(24)22-16-8-6-7-15(11-16)21(25)26-3/h4-11H,12H2,1-3H3,(H,22,24). The monoisotopic (exact) mass is 396 g/mol. The van der Waals surface area contributed by atoms with Crippen molar-refractivity contribution in [3.05, 3.63) is 76.7 Å². The Labute approximate surface area is 167 Å². The van der Waals surface area contributed by atoms with Gasteiger partial charge < -0.3 is 14.6 Å². The van der Waals surface area contributed by atoms with Gasteiger partial charge in [-0.2, -0.15) is 0 Å². The number of ether oxygens (including phenoxy) is 1. The van der Waals surface area contributed by atoms with Crippen LogP contribution in [0.15, 0.2) is 57.9 Å². The Kier molecular flexibility index (Phi) is 6.16. The number of nitrogens with zero attached hydrogens (tertiary/aromatic N) is 1. The molecule has 1 heterocycles. The van der Waals surface area contributed by atoms with Gasteiger partial charge in [0.1, 0.15) is 5.76 Å². The fraction of sp³-hybridized carbons (Fsp3) is 0.190. The lowest BCUT2D eigenvalue weighted by Crippen LogP contribution is -2.13. The first-order valence-electron chi connectivity index (χ1n) is 8.63. The number of anilines is 1. The Morgan fingerprint density at radius 1 is 1.14 bits per heavy atom. The van der Waals surface area contributed by atoms with Crippen LogP contribution in [0.2, 0.25) is 0 Å². The molecule has 0 aliphatic rings. The van der Waals surface area contributed by atoms with Crippen molar-refractivity contribution in [2.45, 2.75) is 24.5 Å². The molecule has 0 aliphatic heterocycles. The largest absolute Gasteiger partial charge is 0.465 e. The van der Waals surface area contributed by atoms with Gasteiger partial charge in [0.05, 0.1) is 23.9 Å². The van der Waals surface area contributed by atoms with Gasteiger partial charge in [0, 0.05) is 21.9 Å². The molecule has 0 bridgehead atoms. The molecule has 0 aliphatic carbocycles. The Morgan fingerprint density at radius 2 is 1.93 bits per heavy atom. The van der Waals surface area contributed by atoms with E-state index in [1.165, 1.54) is 7.11 Å². The highest BCUT2D eigenvalue weighted by Gasteiger charge is 2.15. The van der Waals surface area contributed by atoms with E-state index in [0.717, 1.165) is 21.9 Å². The van der Waals surface area contributed by atoms with Crippen molar-refractivity contribution in [1.29, 1.82) is 0 Å².